The number of nitrogens with zero attached hydrogens (tertiary/aromatic N) is 1. The van der Waals surface area contributed by atoms with E-state index in [0.717, 1.165) is 4.57 Å². The molecule has 9 nitrogen and oxygen atoms in total. The molecule has 1 aromatic heterocycles. The van der Waals surface area contributed by atoms with Gasteiger partial charge < -0.3 is 23.7 Å². The second-order valence-corrected chi connectivity index (χ2v) is 4.37. The van der Waals surface area contributed by atoms with Crippen LogP contribution >= 0.6 is 0 Å². The van der Waals surface area contributed by atoms with E-state index in [0.29, 0.717) is 6.29 Å². The van der Waals surface area contributed by atoms with Crippen LogP contribution in [0.25, 0.3) is 0 Å². The number of aldehydes is 1. The number of fused-ring (bicyclic) bond motifs is 1. The minimum absolute atomic E-state index is 0.522. The number of H-pyrrole nitrogens is 1. The number of rotatable bonds is 3. The van der Waals surface area contributed by atoms with Crippen molar-refractivity contribution in [3.05, 3.63) is 33.1 Å². The highest BCUT2D eigenvalue weighted by molar-refractivity contribution is 5.58. The van der Waals surface area contributed by atoms with Crippen molar-refractivity contribution >= 4 is 6.29 Å². The monoisotopic (exact) mass is 284 g/mol. The molecular weight excluding hydrogens is 272 g/mol. The molecule has 0 aliphatic carbocycles. The molecule has 0 saturated carbocycles. The Kier molecular flexibility index (Phi) is 3.26. The summed E-state index contributed by atoms with van der Waals surface area (Å²) in [7, 11) is 1.39. The van der Waals surface area contributed by atoms with E-state index in [-0.39, 0.29) is 0 Å². The zero-order valence-electron chi connectivity index (χ0n) is 10.4. The topological polar surface area (TPSA) is 109 Å². The number of ether oxygens (including phenoxy) is 4. The first-order chi connectivity index (χ1) is 9.63. The van der Waals surface area contributed by atoms with Crippen molar-refractivity contribution in [2.24, 2.45) is 0 Å². The Hall–Kier alpha value is -1.81. The van der Waals surface area contributed by atoms with Crippen molar-refractivity contribution < 1.29 is 23.7 Å². The van der Waals surface area contributed by atoms with E-state index in [2.05, 4.69) is 4.98 Å². The third-order valence-electron chi connectivity index (χ3n) is 3.21. The molecule has 3 heterocycles. The molecule has 0 radical (unpaired) electrons. The zero-order chi connectivity index (χ0) is 14.3. The number of carbonyl (C=O) groups is 1. The van der Waals surface area contributed by atoms with Gasteiger partial charge in [-0.1, -0.05) is 0 Å². The Labute approximate surface area is 112 Å². The van der Waals surface area contributed by atoms with Crippen LogP contribution in [-0.2, 0) is 23.7 Å². The average Bonchev–Trinajstić information content (AvgIpc) is 2.97. The maximum absolute atomic E-state index is 11.8. The molecule has 1 unspecified atom stereocenters. The highest BCUT2D eigenvalue weighted by Gasteiger charge is 2.54. The highest BCUT2D eigenvalue weighted by atomic mass is 16.9. The van der Waals surface area contributed by atoms with Crippen LogP contribution in [0.5, 0.6) is 0 Å². The second kappa shape index (κ2) is 4.94. The Morgan fingerprint density at radius 1 is 1.30 bits per heavy atom. The lowest BCUT2D eigenvalue weighted by molar-refractivity contribution is -0.253. The maximum atomic E-state index is 11.8. The number of nitrogens with one attached hydrogen (secondary N) is 1. The van der Waals surface area contributed by atoms with Crippen LogP contribution in [0.1, 0.15) is 6.23 Å². The van der Waals surface area contributed by atoms with Crippen LogP contribution in [0.15, 0.2) is 21.9 Å². The smallest absolute Gasteiger partial charge is 0.330 e. The van der Waals surface area contributed by atoms with Crippen LogP contribution in [-0.4, -0.2) is 47.7 Å². The molecule has 2 aliphatic heterocycles. The van der Waals surface area contributed by atoms with Crippen LogP contribution in [0.2, 0.25) is 0 Å². The maximum Gasteiger partial charge on any atom is 0.330 e. The first-order valence-electron chi connectivity index (χ1n) is 5.90. The van der Waals surface area contributed by atoms with Crippen molar-refractivity contribution in [2.75, 3.05) is 7.11 Å². The van der Waals surface area contributed by atoms with Crippen molar-refractivity contribution in [3.63, 3.8) is 0 Å². The molecule has 0 aromatic carbocycles. The summed E-state index contributed by atoms with van der Waals surface area (Å²) in [6.07, 6.45) is -1.24. The Bertz CT molecular complexity index is 624. The SMILES string of the molecule is COC1O[C@@H]2[C@H](O1)[C@@H](C=O)O[C@H]2n1ccc(=O)[nH]c1=O. The number of carbonyl (C=O) groups excluding carboxylic acids is 1. The lowest BCUT2D eigenvalue weighted by Crippen LogP contribution is -2.36. The molecule has 2 fully saturated rings. The molecular formula is C11H12N2O7. The normalized spacial score (nSPS) is 36.0. The summed E-state index contributed by atoms with van der Waals surface area (Å²) in [6.45, 7) is -0.919. The molecule has 0 spiro atoms. The van der Waals surface area contributed by atoms with Gasteiger partial charge in [-0.15, -0.1) is 0 Å². The third-order valence-corrected chi connectivity index (χ3v) is 3.21. The molecule has 1 N–H and O–H groups in total. The van der Waals surface area contributed by atoms with Crippen LogP contribution in [0.3, 0.4) is 0 Å². The minimum Gasteiger partial charge on any atom is -0.341 e. The summed E-state index contributed by atoms with van der Waals surface area (Å²) in [5.41, 5.74) is -1.18. The van der Waals surface area contributed by atoms with E-state index in [1.807, 2.05) is 0 Å². The summed E-state index contributed by atoms with van der Waals surface area (Å²) in [5, 5.41) is 0. The number of aromatic nitrogens is 2. The molecule has 3 rings (SSSR count). The largest absolute Gasteiger partial charge is 0.341 e. The summed E-state index contributed by atoms with van der Waals surface area (Å²) in [4.78, 5) is 36.0. The fourth-order valence-electron chi connectivity index (χ4n) is 2.33. The van der Waals surface area contributed by atoms with E-state index in [4.69, 9.17) is 18.9 Å². The van der Waals surface area contributed by atoms with Crippen molar-refractivity contribution in [1.82, 2.24) is 9.55 Å². The standard InChI is InChI=1S/C11H12N2O7/c1-17-11-19-7-5(4-14)18-9(8(7)20-11)13-3-2-6(15)12-10(13)16/h2-5,7-9,11H,1H3,(H,12,15,16)/t5-,7-,8-,9-,11?/m1/s1. The second-order valence-electron chi connectivity index (χ2n) is 4.37. The molecule has 1 aromatic rings. The Morgan fingerprint density at radius 3 is 2.70 bits per heavy atom. The molecule has 2 saturated heterocycles. The van der Waals surface area contributed by atoms with Gasteiger partial charge in [0.15, 0.2) is 12.5 Å². The number of hydrogen-bond acceptors (Lipinski definition) is 7. The van der Waals surface area contributed by atoms with Gasteiger partial charge in [0.1, 0.15) is 18.3 Å². The van der Waals surface area contributed by atoms with Crippen molar-refractivity contribution in [1.29, 1.82) is 0 Å². The average molecular weight is 284 g/mol. The van der Waals surface area contributed by atoms with E-state index in [1.54, 1.807) is 0 Å². The Balaban J connectivity index is 1.95. The van der Waals surface area contributed by atoms with Gasteiger partial charge in [0.05, 0.1) is 0 Å². The molecule has 5 atom stereocenters. The fraction of sp³-hybridized carbons (Fsp3) is 0.545. The van der Waals surface area contributed by atoms with Crippen LogP contribution < -0.4 is 11.2 Å². The third kappa shape index (κ3) is 2.00. The van der Waals surface area contributed by atoms with Gasteiger partial charge >= 0.3 is 5.69 Å². The summed E-state index contributed by atoms with van der Waals surface area (Å²) in [6, 6.07) is 1.18. The summed E-state index contributed by atoms with van der Waals surface area (Å²) in [5.74, 6) is 0. The number of aromatic amines is 1. The van der Waals surface area contributed by atoms with Crippen molar-refractivity contribution in [2.45, 2.75) is 31.0 Å². The van der Waals surface area contributed by atoms with E-state index >= 15 is 0 Å². The molecule has 0 amide bonds. The molecule has 20 heavy (non-hydrogen) atoms. The van der Waals surface area contributed by atoms with E-state index in [9.17, 15) is 14.4 Å². The zero-order valence-corrected chi connectivity index (χ0v) is 10.4. The predicted octanol–water partition coefficient (Wildman–Crippen LogP) is -1.65. The van der Waals surface area contributed by atoms with E-state index < -0.39 is 42.3 Å². The van der Waals surface area contributed by atoms with Gasteiger partial charge in [-0.05, 0) is 0 Å². The van der Waals surface area contributed by atoms with Crippen molar-refractivity contribution in [3.8, 4) is 0 Å². The molecule has 9 heteroatoms. The Morgan fingerprint density at radius 2 is 2.05 bits per heavy atom. The van der Waals surface area contributed by atoms with E-state index in [1.165, 1.54) is 19.4 Å². The summed E-state index contributed by atoms with van der Waals surface area (Å²) < 4.78 is 22.3. The lowest BCUT2D eigenvalue weighted by Gasteiger charge is -2.19. The van der Waals surface area contributed by atoms with Crippen LogP contribution in [0, 0.1) is 0 Å². The lowest BCUT2D eigenvalue weighted by atomic mass is 10.1. The minimum atomic E-state index is -0.919. The predicted molar refractivity (Wildman–Crippen MR) is 61.8 cm³/mol. The van der Waals surface area contributed by atoms with Gasteiger partial charge in [-0.2, -0.15) is 0 Å². The first kappa shape index (κ1) is 13.2. The number of hydrogen-bond donors (Lipinski definition) is 1. The molecule has 108 valence electrons. The number of methoxy groups -OCH3 is 1. The van der Waals surface area contributed by atoms with Gasteiger partial charge in [-0.25, -0.2) is 4.79 Å². The quantitative estimate of drug-likeness (QED) is 0.662. The van der Waals surface area contributed by atoms with Crippen LogP contribution in [0.4, 0.5) is 0 Å². The van der Waals surface area contributed by atoms with Gasteiger partial charge in [0, 0.05) is 19.4 Å². The highest BCUT2D eigenvalue weighted by Crippen LogP contribution is 2.38. The molecule has 2 aliphatic rings. The van der Waals surface area contributed by atoms with Gasteiger partial charge in [0.25, 0.3) is 12.0 Å². The molecule has 0 bridgehead atoms. The fourth-order valence-corrected chi connectivity index (χ4v) is 2.33. The summed E-state index contributed by atoms with van der Waals surface area (Å²) >= 11 is 0. The first-order valence-corrected chi connectivity index (χ1v) is 5.90. The van der Waals surface area contributed by atoms with Gasteiger partial charge in [0.2, 0.25) is 0 Å². The van der Waals surface area contributed by atoms with Gasteiger partial charge in [-0.3, -0.25) is 14.3 Å².